The number of amides is 1. The first-order valence-electron chi connectivity index (χ1n) is 10.2. The van der Waals surface area contributed by atoms with Crippen molar-refractivity contribution in [1.82, 2.24) is 19.9 Å². The number of piperazine rings is 1. The molecule has 0 saturated carbocycles. The van der Waals surface area contributed by atoms with E-state index in [0.29, 0.717) is 31.2 Å². The first-order valence-corrected chi connectivity index (χ1v) is 10.2. The van der Waals surface area contributed by atoms with E-state index in [1.807, 2.05) is 59.5 Å². The van der Waals surface area contributed by atoms with E-state index >= 15 is 0 Å². The Morgan fingerprint density at radius 2 is 1.77 bits per heavy atom. The molecule has 1 amide bonds. The van der Waals surface area contributed by atoms with Gasteiger partial charge in [0.25, 0.3) is 0 Å². The molecular formula is C23H26N4O3. The maximum atomic E-state index is 12.8. The number of para-hydroxylation sites is 1. The van der Waals surface area contributed by atoms with Crippen molar-refractivity contribution in [2.45, 2.75) is 19.4 Å². The van der Waals surface area contributed by atoms with E-state index in [9.17, 15) is 4.79 Å². The van der Waals surface area contributed by atoms with E-state index in [2.05, 4.69) is 22.0 Å². The summed E-state index contributed by atoms with van der Waals surface area (Å²) in [7, 11) is 1.63. The van der Waals surface area contributed by atoms with Crippen LogP contribution in [0.15, 0.2) is 59.1 Å². The summed E-state index contributed by atoms with van der Waals surface area (Å²) in [5, 5.41) is 4.12. The summed E-state index contributed by atoms with van der Waals surface area (Å²) in [6.45, 7) is 4.95. The molecule has 0 spiro atoms. The predicted octanol–water partition coefficient (Wildman–Crippen LogP) is 3.19. The number of carbonyl (C=O) groups excluding carboxylic acids is 1. The average molecular weight is 406 g/mol. The topological polar surface area (TPSA) is 71.7 Å². The van der Waals surface area contributed by atoms with Crippen molar-refractivity contribution in [3.8, 4) is 17.1 Å². The molecule has 3 aromatic rings. The van der Waals surface area contributed by atoms with Gasteiger partial charge in [-0.15, -0.1) is 0 Å². The lowest BCUT2D eigenvalue weighted by Gasteiger charge is -2.36. The summed E-state index contributed by atoms with van der Waals surface area (Å²) in [6.07, 6.45) is 0.351. The van der Waals surface area contributed by atoms with Crippen LogP contribution in [0.3, 0.4) is 0 Å². The van der Waals surface area contributed by atoms with Crippen LogP contribution in [0.1, 0.15) is 24.4 Å². The van der Waals surface area contributed by atoms with Crippen LogP contribution in [0.25, 0.3) is 11.4 Å². The molecule has 7 nitrogen and oxygen atoms in total. The van der Waals surface area contributed by atoms with Crippen molar-refractivity contribution < 1.29 is 14.1 Å². The average Bonchev–Trinajstić information content (AvgIpc) is 3.30. The highest BCUT2D eigenvalue weighted by molar-refractivity contribution is 5.79. The quantitative estimate of drug-likeness (QED) is 0.626. The molecule has 0 radical (unpaired) electrons. The molecule has 0 aliphatic carbocycles. The van der Waals surface area contributed by atoms with Gasteiger partial charge in [-0.05, 0) is 13.0 Å². The van der Waals surface area contributed by atoms with Gasteiger partial charge in [-0.2, -0.15) is 4.98 Å². The number of carbonyl (C=O) groups is 1. The molecular weight excluding hydrogens is 380 g/mol. The number of aromatic nitrogens is 2. The van der Waals surface area contributed by atoms with E-state index in [1.165, 1.54) is 0 Å². The molecule has 1 aliphatic rings. The fourth-order valence-corrected chi connectivity index (χ4v) is 3.75. The lowest BCUT2D eigenvalue weighted by molar-refractivity contribution is -0.132. The second-order valence-corrected chi connectivity index (χ2v) is 7.40. The van der Waals surface area contributed by atoms with Crippen molar-refractivity contribution in [2.24, 2.45) is 0 Å². The highest BCUT2D eigenvalue weighted by Gasteiger charge is 2.28. The summed E-state index contributed by atoms with van der Waals surface area (Å²) in [5.74, 6) is 2.07. The highest BCUT2D eigenvalue weighted by atomic mass is 16.5. The first kappa shape index (κ1) is 20.1. The largest absolute Gasteiger partial charge is 0.496 e. The van der Waals surface area contributed by atoms with Gasteiger partial charge in [0.2, 0.25) is 17.6 Å². The molecule has 1 saturated heterocycles. The third-order valence-corrected chi connectivity index (χ3v) is 5.58. The minimum Gasteiger partial charge on any atom is -0.496 e. The molecule has 1 unspecified atom stereocenters. The normalized spacial score (nSPS) is 15.7. The molecule has 4 rings (SSSR count). The lowest BCUT2D eigenvalue weighted by Crippen LogP contribution is -2.49. The third kappa shape index (κ3) is 4.36. The zero-order chi connectivity index (χ0) is 20.9. The Kier molecular flexibility index (Phi) is 6.09. The van der Waals surface area contributed by atoms with Gasteiger partial charge in [0, 0.05) is 37.3 Å². The standard InChI is InChI=1S/C23H26N4O3/c1-17(23-24-22(25-30-23)18-8-4-3-5-9-18)26-12-14-27(15-13-26)21(28)16-19-10-6-7-11-20(19)29-2/h3-11,17H,12-16H2,1-2H3. The Hall–Kier alpha value is -3.19. The second kappa shape index (κ2) is 9.09. The smallest absolute Gasteiger partial charge is 0.244 e. The zero-order valence-corrected chi connectivity index (χ0v) is 17.3. The number of benzene rings is 2. The van der Waals surface area contributed by atoms with Crippen LogP contribution in [0.5, 0.6) is 5.75 Å². The highest BCUT2D eigenvalue weighted by Crippen LogP contribution is 2.24. The Morgan fingerprint density at radius 1 is 1.07 bits per heavy atom. The fourth-order valence-electron chi connectivity index (χ4n) is 3.75. The van der Waals surface area contributed by atoms with E-state index in [1.54, 1.807) is 7.11 Å². The Labute approximate surface area is 176 Å². The maximum absolute atomic E-state index is 12.8. The number of rotatable bonds is 6. The van der Waals surface area contributed by atoms with Gasteiger partial charge < -0.3 is 14.2 Å². The van der Waals surface area contributed by atoms with E-state index in [-0.39, 0.29) is 11.9 Å². The van der Waals surface area contributed by atoms with Crippen LogP contribution >= 0.6 is 0 Å². The van der Waals surface area contributed by atoms with Crippen LogP contribution in [0.4, 0.5) is 0 Å². The predicted molar refractivity (Wildman–Crippen MR) is 113 cm³/mol. The third-order valence-electron chi connectivity index (χ3n) is 5.58. The molecule has 156 valence electrons. The summed E-state index contributed by atoms with van der Waals surface area (Å²) in [5.41, 5.74) is 1.85. The minimum atomic E-state index is 0.00133. The van der Waals surface area contributed by atoms with Crippen molar-refractivity contribution in [1.29, 1.82) is 0 Å². The van der Waals surface area contributed by atoms with Gasteiger partial charge in [0.1, 0.15) is 5.75 Å². The number of hydrogen-bond acceptors (Lipinski definition) is 6. The second-order valence-electron chi connectivity index (χ2n) is 7.40. The molecule has 1 fully saturated rings. The summed E-state index contributed by atoms with van der Waals surface area (Å²) < 4.78 is 10.9. The van der Waals surface area contributed by atoms with E-state index in [4.69, 9.17) is 9.26 Å². The Balaban J connectivity index is 1.34. The summed E-state index contributed by atoms with van der Waals surface area (Å²) in [6, 6.07) is 17.5. The van der Waals surface area contributed by atoms with Gasteiger partial charge in [-0.25, -0.2) is 0 Å². The fraction of sp³-hybridized carbons (Fsp3) is 0.348. The monoisotopic (exact) mass is 406 g/mol. The maximum Gasteiger partial charge on any atom is 0.244 e. The molecule has 1 aromatic heterocycles. The Bertz CT molecular complexity index is 981. The molecule has 0 bridgehead atoms. The van der Waals surface area contributed by atoms with Crippen LogP contribution in [0.2, 0.25) is 0 Å². The Morgan fingerprint density at radius 3 is 2.50 bits per heavy atom. The van der Waals surface area contributed by atoms with Gasteiger partial charge >= 0.3 is 0 Å². The van der Waals surface area contributed by atoms with Crippen molar-refractivity contribution in [3.05, 3.63) is 66.1 Å². The molecule has 1 aliphatic heterocycles. The molecule has 1 atom stereocenters. The van der Waals surface area contributed by atoms with Crippen LogP contribution in [-0.4, -0.2) is 59.1 Å². The van der Waals surface area contributed by atoms with Crippen molar-refractivity contribution >= 4 is 5.91 Å². The van der Waals surface area contributed by atoms with Gasteiger partial charge in [-0.1, -0.05) is 53.7 Å². The van der Waals surface area contributed by atoms with E-state index < -0.39 is 0 Å². The van der Waals surface area contributed by atoms with Crippen LogP contribution in [-0.2, 0) is 11.2 Å². The van der Waals surface area contributed by atoms with Crippen LogP contribution in [0, 0.1) is 0 Å². The van der Waals surface area contributed by atoms with Crippen molar-refractivity contribution in [3.63, 3.8) is 0 Å². The SMILES string of the molecule is COc1ccccc1CC(=O)N1CCN(C(C)c2nc(-c3ccccc3)no2)CC1. The summed E-state index contributed by atoms with van der Waals surface area (Å²) in [4.78, 5) is 21.5. The first-order chi connectivity index (χ1) is 14.7. The van der Waals surface area contributed by atoms with E-state index in [0.717, 1.165) is 30.0 Å². The van der Waals surface area contributed by atoms with Gasteiger partial charge in [0.05, 0.1) is 19.6 Å². The summed E-state index contributed by atoms with van der Waals surface area (Å²) >= 11 is 0. The number of ether oxygens (including phenoxy) is 1. The van der Waals surface area contributed by atoms with Crippen molar-refractivity contribution in [2.75, 3.05) is 33.3 Å². The number of methoxy groups -OCH3 is 1. The molecule has 2 heterocycles. The zero-order valence-electron chi connectivity index (χ0n) is 17.3. The molecule has 2 aromatic carbocycles. The molecule has 7 heteroatoms. The number of hydrogen-bond donors (Lipinski definition) is 0. The van der Waals surface area contributed by atoms with Gasteiger partial charge in [-0.3, -0.25) is 9.69 Å². The molecule has 30 heavy (non-hydrogen) atoms. The van der Waals surface area contributed by atoms with Gasteiger partial charge in [0.15, 0.2) is 0 Å². The molecule has 0 N–H and O–H groups in total. The van der Waals surface area contributed by atoms with Crippen LogP contribution < -0.4 is 4.74 Å². The minimum absolute atomic E-state index is 0.00133. The number of nitrogens with zero attached hydrogens (tertiary/aromatic N) is 4. The lowest BCUT2D eigenvalue weighted by atomic mass is 10.1.